The SMILES string of the molecule is Cc1cc(C)c(C)c(NC(=O)COc2ccc3ccc(CCC(=O)O)cc3c2)c1C. The number of aryl methyl sites for hydroxylation is 3. The van der Waals surface area contributed by atoms with Crippen molar-refractivity contribution in [3.05, 3.63) is 70.3 Å². The van der Waals surface area contributed by atoms with Gasteiger partial charge in [-0.2, -0.15) is 0 Å². The number of carbonyl (C=O) groups excluding carboxylic acids is 1. The second kappa shape index (κ2) is 8.99. The van der Waals surface area contributed by atoms with Crippen LogP contribution in [-0.4, -0.2) is 23.6 Å². The number of hydrogen-bond donors (Lipinski definition) is 2. The molecular weight excluding hydrogens is 378 g/mol. The van der Waals surface area contributed by atoms with Gasteiger partial charge >= 0.3 is 5.97 Å². The molecule has 156 valence electrons. The number of carboxylic acid groups (broad SMARTS) is 1. The zero-order valence-corrected chi connectivity index (χ0v) is 17.8. The Kier molecular flexibility index (Phi) is 6.40. The Balaban J connectivity index is 1.69. The number of anilines is 1. The molecule has 0 saturated carbocycles. The standard InChI is InChI=1S/C25H27NO4/c1-15-11-16(2)18(4)25(17(15)3)26-23(27)14-30-22-9-8-20-7-5-19(6-10-24(28)29)12-21(20)13-22/h5,7-9,11-13H,6,10,14H2,1-4H3,(H,26,27)(H,28,29). The van der Waals surface area contributed by atoms with E-state index in [9.17, 15) is 9.59 Å². The van der Waals surface area contributed by atoms with Gasteiger partial charge in [-0.15, -0.1) is 0 Å². The molecule has 0 saturated heterocycles. The maximum Gasteiger partial charge on any atom is 0.303 e. The third kappa shape index (κ3) is 4.98. The molecule has 0 aliphatic rings. The van der Waals surface area contributed by atoms with E-state index < -0.39 is 5.97 Å². The van der Waals surface area contributed by atoms with Crippen LogP contribution in [0.25, 0.3) is 10.8 Å². The summed E-state index contributed by atoms with van der Waals surface area (Å²) in [5, 5.41) is 13.8. The summed E-state index contributed by atoms with van der Waals surface area (Å²) in [6.07, 6.45) is 0.576. The van der Waals surface area contributed by atoms with E-state index in [4.69, 9.17) is 9.84 Å². The van der Waals surface area contributed by atoms with Crippen LogP contribution in [0, 0.1) is 27.7 Å². The first-order valence-corrected chi connectivity index (χ1v) is 9.99. The molecule has 5 heteroatoms. The Morgan fingerprint density at radius 2 is 1.57 bits per heavy atom. The maximum absolute atomic E-state index is 12.5. The van der Waals surface area contributed by atoms with Crippen LogP contribution in [0.3, 0.4) is 0 Å². The second-order valence-corrected chi connectivity index (χ2v) is 7.71. The first kappa shape index (κ1) is 21.4. The van der Waals surface area contributed by atoms with Gasteiger partial charge in [0, 0.05) is 12.1 Å². The van der Waals surface area contributed by atoms with E-state index >= 15 is 0 Å². The summed E-state index contributed by atoms with van der Waals surface area (Å²) >= 11 is 0. The van der Waals surface area contributed by atoms with E-state index in [0.29, 0.717) is 12.2 Å². The largest absolute Gasteiger partial charge is 0.484 e. The van der Waals surface area contributed by atoms with Gasteiger partial charge in [0.1, 0.15) is 5.75 Å². The molecule has 0 fully saturated rings. The number of ether oxygens (including phenoxy) is 1. The Bertz CT molecular complexity index is 1090. The zero-order chi connectivity index (χ0) is 21.8. The van der Waals surface area contributed by atoms with Crippen LogP contribution in [0.4, 0.5) is 5.69 Å². The molecule has 0 bridgehead atoms. The fourth-order valence-electron chi connectivity index (χ4n) is 3.50. The summed E-state index contributed by atoms with van der Waals surface area (Å²) in [5.41, 5.74) is 6.21. The second-order valence-electron chi connectivity index (χ2n) is 7.71. The van der Waals surface area contributed by atoms with Crippen LogP contribution >= 0.6 is 0 Å². The van der Waals surface area contributed by atoms with Crippen molar-refractivity contribution in [3.63, 3.8) is 0 Å². The molecule has 0 spiro atoms. The van der Waals surface area contributed by atoms with Crippen LogP contribution in [0.1, 0.15) is 34.2 Å². The van der Waals surface area contributed by atoms with Gasteiger partial charge in [-0.25, -0.2) is 0 Å². The van der Waals surface area contributed by atoms with Crippen molar-refractivity contribution >= 4 is 28.3 Å². The minimum Gasteiger partial charge on any atom is -0.484 e. The third-order valence-corrected chi connectivity index (χ3v) is 5.50. The van der Waals surface area contributed by atoms with E-state index in [-0.39, 0.29) is 18.9 Å². The number of amides is 1. The van der Waals surface area contributed by atoms with Gasteiger partial charge in [0.25, 0.3) is 5.91 Å². The minimum absolute atomic E-state index is 0.0872. The average molecular weight is 405 g/mol. The Morgan fingerprint density at radius 1 is 0.900 bits per heavy atom. The van der Waals surface area contributed by atoms with E-state index in [1.165, 1.54) is 0 Å². The smallest absolute Gasteiger partial charge is 0.303 e. The highest BCUT2D eigenvalue weighted by atomic mass is 16.5. The van der Waals surface area contributed by atoms with Crippen molar-refractivity contribution in [2.75, 3.05) is 11.9 Å². The molecular formula is C25H27NO4. The van der Waals surface area contributed by atoms with Crippen molar-refractivity contribution < 1.29 is 19.4 Å². The Labute approximate surface area is 176 Å². The number of carboxylic acids is 1. The highest BCUT2D eigenvalue weighted by Gasteiger charge is 2.12. The Hall–Kier alpha value is -3.34. The predicted octanol–water partition coefficient (Wildman–Crippen LogP) is 5.11. The molecule has 0 unspecified atom stereocenters. The quantitative estimate of drug-likeness (QED) is 0.573. The molecule has 0 heterocycles. The number of carbonyl (C=O) groups is 2. The van der Waals surface area contributed by atoms with E-state index in [1.54, 1.807) is 0 Å². The molecule has 30 heavy (non-hydrogen) atoms. The topological polar surface area (TPSA) is 75.6 Å². The van der Waals surface area contributed by atoms with Crippen LogP contribution in [0.15, 0.2) is 42.5 Å². The lowest BCUT2D eigenvalue weighted by atomic mass is 9.99. The van der Waals surface area contributed by atoms with Crippen LogP contribution in [0.2, 0.25) is 0 Å². The van der Waals surface area contributed by atoms with E-state index in [2.05, 4.69) is 11.4 Å². The van der Waals surface area contributed by atoms with Gasteiger partial charge in [-0.3, -0.25) is 9.59 Å². The Morgan fingerprint density at radius 3 is 2.23 bits per heavy atom. The summed E-state index contributed by atoms with van der Waals surface area (Å²) in [7, 11) is 0. The molecule has 0 aromatic heterocycles. The van der Waals surface area contributed by atoms with Crippen molar-refractivity contribution in [1.29, 1.82) is 0 Å². The molecule has 3 aromatic carbocycles. The molecule has 3 rings (SSSR count). The monoisotopic (exact) mass is 405 g/mol. The number of benzene rings is 3. The highest BCUT2D eigenvalue weighted by Crippen LogP contribution is 2.27. The summed E-state index contributed by atoms with van der Waals surface area (Å²) in [6.45, 7) is 7.99. The maximum atomic E-state index is 12.5. The van der Waals surface area contributed by atoms with Gasteiger partial charge in [0.15, 0.2) is 6.61 Å². The molecule has 2 N–H and O–H groups in total. The van der Waals surface area contributed by atoms with Gasteiger partial charge in [0.05, 0.1) is 0 Å². The summed E-state index contributed by atoms with van der Waals surface area (Å²) in [4.78, 5) is 23.3. The van der Waals surface area contributed by atoms with Crippen molar-refractivity contribution in [3.8, 4) is 5.75 Å². The summed E-state index contributed by atoms with van der Waals surface area (Å²) < 4.78 is 5.72. The van der Waals surface area contributed by atoms with Crippen molar-refractivity contribution in [2.24, 2.45) is 0 Å². The molecule has 3 aromatic rings. The third-order valence-electron chi connectivity index (χ3n) is 5.50. The number of aliphatic carboxylic acids is 1. The minimum atomic E-state index is -0.813. The van der Waals surface area contributed by atoms with Gasteiger partial charge < -0.3 is 15.2 Å². The summed E-state index contributed by atoms with van der Waals surface area (Å²) in [5.74, 6) is -0.420. The molecule has 0 radical (unpaired) electrons. The first-order chi connectivity index (χ1) is 14.2. The fourth-order valence-corrected chi connectivity index (χ4v) is 3.50. The van der Waals surface area contributed by atoms with Crippen LogP contribution < -0.4 is 10.1 Å². The molecule has 5 nitrogen and oxygen atoms in total. The molecule has 0 aliphatic heterocycles. The van der Waals surface area contributed by atoms with Gasteiger partial charge in [0.2, 0.25) is 0 Å². The molecule has 1 amide bonds. The lowest BCUT2D eigenvalue weighted by molar-refractivity contribution is -0.137. The van der Waals surface area contributed by atoms with Crippen molar-refractivity contribution in [2.45, 2.75) is 40.5 Å². The zero-order valence-electron chi connectivity index (χ0n) is 17.8. The number of nitrogens with one attached hydrogen (secondary N) is 1. The number of rotatable bonds is 7. The van der Waals surface area contributed by atoms with Crippen LogP contribution in [0.5, 0.6) is 5.75 Å². The van der Waals surface area contributed by atoms with Crippen molar-refractivity contribution in [1.82, 2.24) is 0 Å². The van der Waals surface area contributed by atoms with Crippen LogP contribution in [-0.2, 0) is 16.0 Å². The molecule has 0 aliphatic carbocycles. The average Bonchev–Trinajstić information content (AvgIpc) is 2.72. The molecule has 0 atom stereocenters. The number of fused-ring (bicyclic) bond motifs is 1. The lowest BCUT2D eigenvalue weighted by Crippen LogP contribution is -2.21. The first-order valence-electron chi connectivity index (χ1n) is 9.99. The van der Waals surface area contributed by atoms with Gasteiger partial charge in [-0.05, 0) is 84.8 Å². The predicted molar refractivity (Wildman–Crippen MR) is 119 cm³/mol. The van der Waals surface area contributed by atoms with E-state index in [1.807, 2.05) is 64.1 Å². The van der Waals surface area contributed by atoms with E-state index in [0.717, 1.165) is 44.3 Å². The lowest BCUT2D eigenvalue weighted by Gasteiger charge is -2.16. The normalized spacial score (nSPS) is 10.8. The highest BCUT2D eigenvalue weighted by molar-refractivity contribution is 5.94. The fraction of sp³-hybridized carbons (Fsp3) is 0.280. The van der Waals surface area contributed by atoms with Gasteiger partial charge in [-0.1, -0.05) is 30.3 Å². The summed E-state index contributed by atoms with van der Waals surface area (Å²) in [6, 6.07) is 13.6. The number of hydrogen-bond acceptors (Lipinski definition) is 3.